The van der Waals surface area contributed by atoms with Crippen molar-refractivity contribution in [1.29, 1.82) is 0 Å². The first-order valence-electron chi connectivity index (χ1n) is 9.38. The monoisotopic (exact) mass is 361 g/mol. The van der Waals surface area contributed by atoms with E-state index in [0.717, 1.165) is 41.6 Å². The minimum atomic E-state index is -0.0787. The summed E-state index contributed by atoms with van der Waals surface area (Å²) in [5.74, 6) is -0.0787. The number of hydrogen-bond acceptors (Lipinski definition) is 4. The fraction of sp³-hybridized carbons (Fsp3) is 0.318. The third-order valence-electron chi connectivity index (χ3n) is 4.96. The Balaban J connectivity index is 1.64. The summed E-state index contributed by atoms with van der Waals surface area (Å²) >= 11 is 0. The highest BCUT2D eigenvalue weighted by molar-refractivity contribution is 5.96. The number of ether oxygens (including phenoxy) is 1. The number of rotatable bonds is 5. The van der Waals surface area contributed by atoms with E-state index < -0.39 is 0 Å². The first kappa shape index (κ1) is 17.6. The van der Waals surface area contributed by atoms with Crippen LogP contribution in [0.15, 0.2) is 54.7 Å². The van der Waals surface area contributed by atoms with Crippen LogP contribution in [0.3, 0.4) is 0 Å². The number of para-hydroxylation sites is 1. The highest BCUT2D eigenvalue weighted by Crippen LogP contribution is 2.20. The molecule has 2 aromatic heterocycles. The number of aromatic nitrogens is 2. The maximum Gasteiger partial charge on any atom is 0.272 e. The molecule has 1 aliphatic rings. The summed E-state index contributed by atoms with van der Waals surface area (Å²) in [5.41, 5.74) is 3.23. The summed E-state index contributed by atoms with van der Waals surface area (Å²) in [4.78, 5) is 24.1. The normalized spacial score (nSPS) is 16.6. The second-order valence-corrected chi connectivity index (χ2v) is 6.98. The molecule has 27 heavy (non-hydrogen) atoms. The van der Waals surface area contributed by atoms with Crippen molar-refractivity contribution < 1.29 is 9.53 Å². The molecule has 1 aliphatic heterocycles. The lowest BCUT2D eigenvalue weighted by atomic mass is 10.1. The average Bonchev–Trinajstić information content (AvgIpc) is 3.21. The van der Waals surface area contributed by atoms with Crippen molar-refractivity contribution in [3.63, 3.8) is 0 Å². The van der Waals surface area contributed by atoms with Crippen molar-refractivity contribution in [2.45, 2.75) is 32.4 Å². The van der Waals surface area contributed by atoms with Gasteiger partial charge in [-0.05, 0) is 49.6 Å². The minimum absolute atomic E-state index is 0.0787. The van der Waals surface area contributed by atoms with Crippen molar-refractivity contribution in [3.8, 4) is 0 Å². The topological polar surface area (TPSA) is 55.3 Å². The predicted octanol–water partition coefficient (Wildman–Crippen LogP) is 3.76. The van der Waals surface area contributed by atoms with Crippen LogP contribution in [0.5, 0.6) is 0 Å². The van der Waals surface area contributed by atoms with Crippen LogP contribution in [0.25, 0.3) is 10.9 Å². The molecule has 0 bridgehead atoms. The number of pyridine rings is 2. The largest absolute Gasteiger partial charge is 0.376 e. The Labute approximate surface area is 159 Å². The second kappa shape index (κ2) is 7.84. The first-order valence-corrected chi connectivity index (χ1v) is 9.38. The third kappa shape index (κ3) is 3.98. The summed E-state index contributed by atoms with van der Waals surface area (Å²) in [7, 11) is 0. The van der Waals surface area contributed by atoms with E-state index in [1.54, 1.807) is 6.20 Å². The van der Waals surface area contributed by atoms with Crippen molar-refractivity contribution >= 4 is 16.8 Å². The summed E-state index contributed by atoms with van der Waals surface area (Å²) in [6.07, 6.45) is 3.86. The molecule has 1 saturated heterocycles. The smallest absolute Gasteiger partial charge is 0.272 e. The van der Waals surface area contributed by atoms with Gasteiger partial charge in [-0.1, -0.05) is 24.3 Å². The molecule has 0 aliphatic carbocycles. The highest BCUT2D eigenvalue weighted by atomic mass is 16.5. The third-order valence-corrected chi connectivity index (χ3v) is 4.96. The van der Waals surface area contributed by atoms with Crippen LogP contribution in [0, 0.1) is 6.92 Å². The number of nitrogens with zero attached hydrogens (tertiary/aromatic N) is 3. The Bertz CT molecular complexity index is 937. The van der Waals surface area contributed by atoms with Gasteiger partial charge in [-0.3, -0.25) is 9.78 Å². The molecule has 0 saturated carbocycles. The Morgan fingerprint density at radius 1 is 1.22 bits per heavy atom. The first-order chi connectivity index (χ1) is 13.2. The fourth-order valence-corrected chi connectivity index (χ4v) is 3.56. The van der Waals surface area contributed by atoms with Crippen LogP contribution in [0.4, 0.5) is 0 Å². The van der Waals surface area contributed by atoms with E-state index >= 15 is 0 Å². The Morgan fingerprint density at radius 3 is 2.85 bits per heavy atom. The van der Waals surface area contributed by atoms with Crippen LogP contribution in [-0.2, 0) is 11.3 Å². The van der Waals surface area contributed by atoms with E-state index in [9.17, 15) is 4.79 Å². The molecule has 1 amide bonds. The van der Waals surface area contributed by atoms with Crippen LogP contribution in [0.1, 0.15) is 34.6 Å². The average molecular weight is 361 g/mol. The molecule has 3 heterocycles. The van der Waals surface area contributed by atoms with Crippen molar-refractivity contribution in [3.05, 3.63) is 71.7 Å². The quantitative estimate of drug-likeness (QED) is 0.694. The second-order valence-electron chi connectivity index (χ2n) is 6.98. The van der Waals surface area contributed by atoms with Crippen LogP contribution in [-0.4, -0.2) is 40.0 Å². The van der Waals surface area contributed by atoms with Gasteiger partial charge in [0.2, 0.25) is 0 Å². The van der Waals surface area contributed by atoms with E-state index in [0.29, 0.717) is 18.8 Å². The lowest BCUT2D eigenvalue weighted by Crippen LogP contribution is -2.37. The molecule has 3 aromatic rings. The summed E-state index contributed by atoms with van der Waals surface area (Å²) in [6.45, 7) is 3.80. The van der Waals surface area contributed by atoms with E-state index in [1.807, 2.05) is 60.4 Å². The van der Waals surface area contributed by atoms with Gasteiger partial charge < -0.3 is 9.64 Å². The molecule has 0 spiro atoms. The summed E-state index contributed by atoms with van der Waals surface area (Å²) < 4.78 is 5.77. The molecule has 1 fully saturated rings. The molecule has 5 nitrogen and oxygen atoms in total. The number of carbonyl (C=O) groups is 1. The van der Waals surface area contributed by atoms with E-state index in [-0.39, 0.29) is 12.0 Å². The van der Waals surface area contributed by atoms with E-state index in [2.05, 4.69) is 9.97 Å². The molecule has 1 aromatic carbocycles. The van der Waals surface area contributed by atoms with Crippen LogP contribution in [0.2, 0.25) is 0 Å². The van der Waals surface area contributed by atoms with Crippen LogP contribution < -0.4 is 0 Å². The van der Waals surface area contributed by atoms with Gasteiger partial charge in [-0.15, -0.1) is 0 Å². The SMILES string of the molecule is Cc1cc(C(=O)N(Cc2ccccn2)CC2CCCO2)nc2ccccc12. The van der Waals surface area contributed by atoms with Crippen molar-refractivity contribution in [1.82, 2.24) is 14.9 Å². The van der Waals surface area contributed by atoms with Gasteiger partial charge in [0.25, 0.3) is 5.91 Å². The predicted molar refractivity (Wildman–Crippen MR) is 104 cm³/mol. The molecule has 1 atom stereocenters. The maximum absolute atomic E-state index is 13.3. The molecule has 0 N–H and O–H groups in total. The number of hydrogen-bond donors (Lipinski definition) is 0. The van der Waals surface area contributed by atoms with E-state index in [4.69, 9.17) is 4.74 Å². The molecular weight excluding hydrogens is 338 g/mol. The van der Waals surface area contributed by atoms with Crippen molar-refractivity contribution in [2.24, 2.45) is 0 Å². The molecular formula is C22H23N3O2. The summed E-state index contributed by atoms with van der Waals surface area (Å²) in [6, 6.07) is 15.6. The molecule has 4 rings (SSSR count). The number of fused-ring (bicyclic) bond motifs is 1. The highest BCUT2D eigenvalue weighted by Gasteiger charge is 2.25. The van der Waals surface area contributed by atoms with Gasteiger partial charge >= 0.3 is 0 Å². The molecule has 1 unspecified atom stereocenters. The molecule has 5 heteroatoms. The molecule has 0 radical (unpaired) electrons. The van der Waals surface area contributed by atoms with E-state index in [1.165, 1.54) is 0 Å². The Morgan fingerprint density at radius 2 is 2.07 bits per heavy atom. The van der Waals surface area contributed by atoms with Gasteiger partial charge in [-0.2, -0.15) is 0 Å². The lowest BCUT2D eigenvalue weighted by molar-refractivity contribution is 0.0500. The fourth-order valence-electron chi connectivity index (χ4n) is 3.56. The van der Waals surface area contributed by atoms with Gasteiger partial charge in [-0.25, -0.2) is 4.98 Å². The Hall–Kier alpha value is -2.79. The van der Waals surface area contributed by atoms with Gasteiger partial charge in [0, 0.05) is 24.7 Å². The molecule has 138 valence electrons. The lowest BCUT2D eigenvalue weighted by Gasteiger charge is -2.25. The number of carbonyl (C=O) groups excluding carboxylic acids is 1. The standard InChI is InChI=1S/C22H23N3O2/c1-16-13-21(24-20-10-3-2-9-19(16)20)22(26)25(15-18-8-6-12-27-18)14-17-7-4-5-11-23-17/h2-5,7,9-11,13,18H,6,8,12,14-15H2,1H3. The number of aryl methyl sites for hydroxylation is 1. The zero-order valence-corrected chi connectivity index (χ0v) is 15.5. The zero-order chi connectivity index (χ0) is 18.6. The Kier molecular flexibility index (Phi) is 5.12. The van der Waals surface area contributed by atoms with Gasteiger partial charge in [0.15, 0.2) is 0 Å². The summed E-state index contributed by atoms with van der Waals surface area (Å²) in [5, 5.41) is 1.07. The minimum Gasteiger partial charge on any atom is -0.376 e. The maximum atomic E-state index is 13.3. The number of amides is 1. The van der Waals surface area contributed by atoms with Crippen molar-refractivity contribution in [2.75, 3.05) is 13.2 Å². The zero-order valence-electron chi connectivity index (χ0n) is 15.5. The van der Waals surface area contributed by atoms with Gasteiger partial charge in [0.05, 0.1) is 23.9 Å². The van der Waals surface area contributed by atoms with Crippen LogP contribution >= 0.6 is 0 Å². The number of benzene rings is 1. The van der Waals surface area contributed by atoms with Gasteiger partial charge in [0.1, 0.15) is 5.69 Å².